The summed E-state index contributed by atoms with van der Waals surface area (Å²) in [4.78, 5) is 13.8. The zero-order valence-corrected chi connectivity index (χ0v) is 6.93. The maximum Gasteiger partial charge on any atom is 0.172 e. The Morgan fingerprint density at radius 1 is 1.75 bits per heavy atom. The van der Waals surface area contributed by atoms with Crippen LogP contribution in [-0.4, -0.2) is 18.4 Å². The molecule has 1 heterocycles. The molecule has 0 saturated carbocycles. The summed E-state index contributed by atoms with van der Waals surface area (Å²) in [6.45, 7) is 0. The first-order valence-corrected chi connectivity index (χ1v) is 3.41. The van der Waals surface area contributed by atoms with Crippen LogP contribution in [0.5, 0.6) is 5.75 Å². The summed E-state index contributed by atoms with van der Waals surface area (Å²) < 4.78 is 17.5. The molecule has 0 aromatic carbocycles. The van der Waals surface area contributed by atoms with E-state index < -0.39 is 5.82 Å². The molecule has 0 saturated heterocycles. The van der Waals surface area contributed by atoms with Gasteiger partial charge < -0.3 is 4.74 Å². The number of halogens is 2. The number of methoxy groups -OCH3 is 1. The maximum atomic E-state index is 12.8. The summed E-state index contributed by atoms with van der Waals surface area (Å²) in [6.07, 6.45) is 1.20. The van der Waals surface area contributed by atoms with E-state index in [9.17, 15) is 9.18 Å². The third-order valence-corrected chi connectivity index (χ3v) is 1.57. The van der Waals surface area contributed by atoms with Gasteiger partial charge in [0.15, 0.2) is 23.0 Å². The minimum absolute atomic E-state index is 0.0269. The molecule has 5 heteroatoms. The van der Waals surface area contributed by atoms with Gasteiger partial charge in [0.1, 0.15) is 0 Å². The van der Waals surface area contributed by atoms with Crippen LogP contribution in [0.25, 0.3) is 0 Å². The first kappa shape index (κ1) is 8.93. The molecule has 64 valence electrons. The van der Waals surface area contributed by atoms with Gasteiger partial charge in [0.05, 0.1) is 18.9 Å². The Bertz CT molecular complexity index is 317. The van der Waals surface area contributed by atoms with Crippen molar-refractivity contribution < 1.29 is 13.9 Å². The fraction of sp³-hybridized carbons (Fsp3) is 0.143. The molecule has 1 aromatic heterocycles. The van der Waals surface area contributed by atoms with Crippen molar-refractivity contribution >= 4 is 17.9 Å². The van der Waals surface area contributed by atoms with Crippen LogP contribution in [0.15, 0.2) is 6.20 Å². The van der Waals surface area contributed by atoms with E-state index in [0.29, 0.717) is 6.29 Å². The lowest BCUT2D eigenvalue weighted by atomic mass is 10.2. The number of carbonyl (C=O) groups excluding carboxylic acids is 1. The molecular weight excluding hydrogens is 185 g/mol. The highest BCUT2D eigenvalue weighted by molar-refractivity contribution is 6.31. The van der Waals surface area contributed by atoms with Gasteiger partial charge in [-0.1, -0.05) is 11.6 Å². The van der Waals surface area contributed by atoms with E-state index in [4.69, 9.17) is 11.6 Å². The van der Waals surface area contributed by atoms with Crippen LogP contribution in [0.4, 0.5) is 4.39 Å². The molecule has 0 amide bonds. The molecule has 0 spiro atoms. The van der Waals surface area contributed by atoms with E-state index in [0.717, 1.165) is 6.20 Å². The topological polar surface area (TPSA) is 39.2 Å². The summed E-state index contributed by atoms with van der Waals surface area (Å²) in [5.74, 6) is -0.780. The van der Waals surface area contributed by atoms with Gasteiger partial charge in [-0.3, -0.25) is 4.79 Å². The van der Waals surface area contributed by atoms with E-state index in [1.807, 2.05) is 0 Å². The number of carbonyl (C=O) groups is 1. The SMILES string of the molecule is COc1c(Cl)ncc(F)c1C=O. The molecule has 12 heavy (non-hydrogen) atoms. The van der Waals surface area contributed by atoms with Crippen LogP contribution < -0.4 is 4.74 Å². The van der Waals surface area contributed by atoms with Crippen LogP contribution in [0.1, 0.15) is 10.4 Å². The molecular formula is C7H5ClFNO2. The Balaban J connectivity index is 3.38. The van der Waals surface area contributed by atoms with Gasteiger partial charge in [-0.2, -0.15) is 0 Å². The molecule has 0 aliphatic rings. The highest BCUT2D eigenvalue weighted by atomic mass is 35.5. The molecule has 0 radical (unpaired) electrons. The summed E-state index contributed by atoms with van der Waals surface area (Å²) in [6, 6.07) is 0. The van der Waals surface area contributed by atoms with E-state index in [1.54, 1.807) is 0 Å². The van der Waals surface area contributed by atoms with Crippen molar-refractivity contribution in [2.24, 2.45) is 0 Å². The lowest BCUT2D eigenvalue weighted by molar-refractivity contribution is 0.111. The molecule has 1 rings (SSSR count). The Kier molecular flexibility index (Phi) is 2.60. The number of pyridine rings is 1. The Morgan fingerprint density at radius 2 is 2.42 bits per heavy atom. The Labute approximate surface area is 73.1 Å². The molecule has 1 aromatic rings. The zero-order chi connectivity index (χ0) is 9.14. The second kappa shape index (κ2) is 3.49. The van der Waals surface area contributed by atoms with Crippen molar-refractivity contribution in [3.05, 3.63) is 22.7 Å². The average molecular weight is 190 g/mol. The molecule has 0 unspecified atom stereocenters. The van der Waals surface area contributed by atoms with Gasteiger partial charge in [-0.25, -0.2) is 9.37 Å². The van der Waals surface area contributed by atoms with Crippen molar-refractivity contribution in [1.29, 1.82) is 0 Å². The lowest BCUT2D eigenvalue weighted by Gasteiger charge is -2.04. The number of nitrogens with zero attached hydrogens (tertiary/aromatic N) is 1. The number of hydrogen-bond acceptors (Lipinski definition) is 3. The van der Waals surface area contributed by atoms with Gasteiger partial charge in [0, 0.05) is 0 Å². The number of aldehydes is 1. The second-order valence-corrected chi connectivity index (χ2v) is 2.32. The lowest BCUT2D eigenvalue weighted by Crippen LogP contribution is -1.97. The summed E-state index contributed by atoms with van der Waals surface area (Å²) >= 11 is 5.52. The van der Waals surface area contributed by atoms with Crippen LogP contribution in [-0.2, 0) is 0 Å². The van der Waals surface area contributed by atoms with Crippen LogP contribution >= 0.6 is 11.6 Å². The quantitative estimate of drug-likeness (QED) is 0.525. The minimum atomic E-state index is -0.744. The van der Waals surface area contributed by atoms with Crippen molar-refractivity contribution in [2.75, 3.05) is 7.11 Å². The predicted molar refractivity (Wildman–Crippen MR) is 41.1 cm³/mol. The van der Waals surface area contributed by atoms with Crippen molar-refractivity contribution in [1.82, 2.24) is 4.98 Å². The molecule has 0 atom stereocenters. The molecule has 0 aliphatic carbocycles. The summed E-state index contributed by atoms with van der Waals surface area (Å²) in [5.41, 5.74) is -0.211. The van der Waals surface area contributed by atoms with Crippen molar-refractivity contribution in [2.45, 2.75) is 0 Å². The molecule has 0 N–H and O–H groups in total. The number of aromatic nitrogens is 1. The van der Waals surface area contributed by atoms with Gasteiger partial charge >= 0.3 is 0 Å². The van der Waals surface area contributed by atoms with E-state index in [-0.39, 0.29) is 16.5 Å². The molecule has 0 fully saturated rings. The number of hydrogen-bond donors (Lipinski definition) is 0. The maximum absolute atomic E-state index is 12.8. The number of rotatable bonds is 2. The normalized spacial score (nSPS) is 9.58. The zero-order valence-electron chi connectivity index (χ0n) is 6.17. The highest BCUT2D eigenvalue weighted by Gasteiger charge is 2.13. The first-order valence-electron chi connectivity index (χ1n) is 3.04. The Morgan fingerprint density at radius 3 is 2.83 bits per heavy atom. The minimum Gasteiger partial charge on any atom is -0.493 e. The monoisotopic (exact) mass is 189 g/mol. The number of ether oxygens (including phenoxy) is 1. The van der Waals surface area contributed by atoms with E-state index in [2.05, 4.69) is 9.72 Å². The standard InChI is InChI=1S/C7H5ClFNO2/c1-12-6-4(3-11)5(9)2-10-7(6)8/h2-3H,1H3. The van der Waals surface area contributed by atoms with Crippen LogP contribution in [0.2, 0.25) is 5.15 Å². The molecule has 3 nitrogen and oxygen atoms in total. The molecule has 0 bridgehead atoms. The highest BCUT2D eigenvalue weighted by Crippen LogP contribution is 2.26. The van der Waals surface area contributed by atoms with Gasteiger partial charge in [-0.15, -0.1) is 0 Å². The van der Waals surface area contributed by atoms with Crippen molar-refractivity contribution in [3.8, 4) is 5.75 Å². The van der Waals surface area contributed by atoms with E-state index in [1.165, 1.54) is 7.11 Å². The third-order valence-electron chi connectivity index (χ3n) is 1.30. The second-order valence-electron chi connectivity index (χ2n) is 1.96. The van der Waals surface area contributed by atoms with Crippen LogP contribution in [0, 0.1) is 5.82 Å². The molecule has 0 aliphatic heterocycles. The predicted octanol–water partition coefficient (Wildman–Crippen LogP) is 1.70. The third kappa shape index (κ3) is 1.38. The fourth-order valence-corrected chi connectivity index (χ4v) is 0.993. The summed E-state index contributed by atoms with van der Waals surface area (Å²) in [5, 5.41) is -0.0269. The largest absolute Gasteiger partial charge is 0.493 e. The fourth-order valence-electron chi connectivity index (χ4n) is 0.765. The van der Waals surface area contributed by atoms with E-state index >= 15 is 0 Å². The Hall–Kier alpha value is -1.16. The smallest absolute Gasteiger partial charge is 0.172 e. The van der Waals surface area contributed by atoms with Crippen LogP contribution in [0.3, 0.4) is 0 Å². The average Bonchev–Trinajstić information content (AvgIpc) is 2.08. The van der Waals surface area contributed by atoms with Gasteiger partial charge in [0.25, 0.3) is 0 Å². The van der Waals surface area contributed by atoms with Gasteiger partial charge in [0.2, 0.25) is 0 Å². The first-order chi connectivity index (χ1) is 5.70. The van der Waals surface area contributed by atoms with Gasteiger partial charge in [-0.05, 0) is 0 Å². The van der Waals surface area contributed by atoms with Crippen molar-refractivity contribution in [3.63, 3.8) is 0 Å². The summed E-state index contributed by atoms with van der Waals surface area (Å²) in [7, 11) is 1.29.